The number of carboxylic acid groups (broad SMARTS) is 1. The van der Waals surface area contributed by atoms with Gasteiger partial charge >= 0.3 is 16.3 Å². The van der Waals surface area contributed by atoms with Crippen molar-refractivity contribution in [3.05, 3.63) is 106 Å². The maximum absolute atomic E-state index is 13.4. The number of aromatic nitrogens is 3. The number of fused-ring (bicyclic) bond motifs is 6. The van der Waals surface area contributed by atoms with Gasteiger partial charge in [0.25, 0.3) is 0 Å². The maximum atomic E-state index is 13.4. The normalized spacial score (nSPS) is 18.9. The molecule has 2 unspecified atom stereocenters. The Balaban J connectivity index is 1.30. The van der Waals surface area contributed by atoms with Gasteiger partial charge in [-0.2, -0.15) is 12.7 Å². The number of carboxylic acids is 1. The van der Waals surface area contributed by atoms with Crippen molar-refractivity contribution in [2.75, 3.05) is 13.7 Å². The second-order valence-corrected chi connectivity index (χ2v) is 13.8. The summed E-state index contributed by atoms with van der Waals surface area (Å²) in [6.45, 7) is 3.30. The van der Waals surface area contributed by atoms with Gasteiger partial charge in [-0.15, -0.1) is 5.10 Å². The fraction of sp³-hybridized carbons (Fsp3) is 0.306. The van der Waals surface area contributed by atoms with Crippen molar-refractivity contribution < 1.29 is 36.7 Å². The van der Waals surface area contributed by atoms with E-state index in [1.54, 1.807) is 24.3 Å². The molecule has 3 aliphatic rings. The molecule has 4 aromatic carbocycles. The first kappa shape index (κ1) is 32.4. The fourth-order valence-electron chi connectivity index (χ4n) is 6.53. The number of hydrogen-bond acceptors (Lipinski definition) is 9. The van der Waals surface area contributed by atoms with Crippen LogP contribution in [0.3, 0.4) is 0 Å². The van der Waals surface area contributed by atoms with Gasteiger partial charge in [0.05, 0.1) is 25.7 Å². The van der Waals surface area contributed by atoms with Gasteiger partial charge in [0.1, 0.15) is 35.1 Å². The summed E-state index contributed by atoms with van der Waals surface area (Å²) in [5, 5.41) is 18.9. The number of benzene rings is 4. The highest BCUT2D eigenvalue weighted by molar-refractivity contribution is 7.84. The lowest BCUT2D eigenvalue weighted by Crippen LogP contribution is -2.37. The molecule has 254 valence electrons. The number of methoxy groups -OCH3 is 1. The van der Waals surface area contributed by atoms with Crippen LogP contribution < -0.4 is 18.4 Å². The summed E-state index contributed by atoms with van der Waals surface area (Å²) in [4.78, 5) is 12.2. The molecule has 0 saturated heterocycles. The minimum atomic E-state index is -4.16. The van der Waals surface area contributed by atoms with E-state index in [0.717, 1.165) is 40.8 Å². The number of carbonyl (C=O) groups is 1. The van der Waals surface area contributed by atoms with Crippen LogP contribution >= 0.6 is 0 Å². The topological polar surface area (TPSA) is 142 Å². The third kappa shape index (κ3) is 6.63. The summed E-state index contributed by atoms with van der Waals surface area (Å²) in [5.74, 6) is 0.480. The summed E-state index contributed by atoms with van der Waals surface area (Å²) < 4.78 is 53.2. The second-order valence-electron chi connectivity index (χ2n) is 12.2. The number of hydrogen-bond donors (Lipinski definition) is 1. The molecule has 9 bridgehead atoms. The zero-order valence-corrected chi connectivity index (χ0v) is 28.0. The van der Waals surface area contributed by atoms with Crippen LogP contribution in [-0.2, 0) is 41.3 Å². The molecule has 0 amide bonds. The van der Waals surface area contributed by atoms with E-state index in [9.17, 15) is 18.3 Å². The first-order chi connectivity index (χ1) is 23.7. The van der Waals surface area contributed by atoms with Gasteiger partial charge in [-0.1, -0.05) is 41.6 Å². The molecular weight excluding hydrogens is 648 g/mol. The van der Waals surface area contributed by atoms with E-state index in [4.69, 9.17) is 18.4 Å². The number of aliphatic carboxylic acids is 1. The van der Waals surface area contributed by atoms with Crippen LogP contribution in [-0.4, -0.2) is 52.5 Å². The van der Waals surface area contributed by atoms with Gasteiger partial charge in [0, 0.05) is 42.2 Å². The standard InChI is InChI=1S/C36H36N4O8S/c1-23-29-11-12-31-36(23)37-38-40(31)15-5-6-16-46-33-8-4-3-7-25(33)22-47-28-10-14-34-27(18-28)21-39(49(43,44)48-34)20-26-17-24(9-13-32(26)45-2)30(29)19-35(41)42/h3-4,7-14,17-18,30H,5-6,15-16,19-22H2,1-2H3,(H,41,42). The van der Waals surface area contributed by atoms with E-state index in [0.29, 0.717) is 46.9 Å². The predicted molar refractivity (Wildman–Crippen MR) is 180 cm³/mol. The molecule has 2 atom stereocenters. The molecule has 0 saturated carbocycles. The quantitative estimate of drug-likeness (QED) is 0.250. The Hall–Kier alpha value is -5.14. The molecule has 12 nitrogen and oxygen atoms in total. The number of aryl methyl sites for hydroxylation is 2. The molecule has 4 heterocycles. The molecule has 1 aromatic heterocycles. The fourth-order valence-corrected chi connectivity index (χ4v) is 7.62. The third-order valence-corrected chi connectivity index (χ3v) is 10.3. The lowest BCUT2D eigenvalue weighted by molar-refractivity contribution is -0.137. The van der Waals surface area contributed by atoms with Gasteiger partial charge in [-0.3, -0.25) is 4.79 Å². The Labute approximate surface area is 284 Å². The Morgan fingerprint density at radius 3 is 2.63 bits per heavy atom. The minimum absolute atomic E-state index is 0.0337. The van der Waals surface area contributed by atoms with Crippen LogP contribution in [0.5, 0.6) is 23.0 Å². The van der Waals surface area contributed by atoms with Gasteiger partial charge in [-0.05, 0) is 72.9 Å². The predicted octanol–water partition coefficient (Wildman–Crippen LogP) is 5.75. The smallest absolute Gasteiger partial charge is 0.385 e. The SMILES string of the molecule is COc1ccc2cc1CN1Cc3cc(ccc3OS1(=O)=O)OCc1ccccc1OCCCCn1nnc3c(C)c(ccc31)C2CC(=O)O. The first-order valence-corrected chi connectivity index (χ1v) is 17.4. The molecule has 8 rings (SSSR count). The lowest BCUT2D eigenvalue weighted by Gasteiger charge is -2.29. The van der Waals surface area contributed by atoms with Crippen LogP contribution in [0.1, 0.15) is 58.6 Å². The summed E-state index contributed by atoms with van der Waals surface area (Å²) in [5.41, 5.74) is 6.00. The minimum Gasteiger partial charge on any atom is -0.496 e. The molecule has 5 aromatic rings. The summed E-state index contributed by atoms with van der Waals surface area (Å²) in [6, 6.07) is 22.0. The van der Waals surface area contributed by atoms with E-state index >= 15 is 0 Å². The molecule has 0 fully saturated rings. The van der Waals surface area contributed by atoms with Crippen molar-refractivity contribution in [3.8, 4) is 23.0 Å². The molecule has 0 spiro atoms. The van der Waals surface area contributed by atoms with Crippen molar-refractivity contribution in [2.45, 2.75) is 58.3 Å². The van der Waals surface area contributed by atoms with Crippen molar-refractivity contribution in [3.63, 3.8) is 0 Å². The van der Waals surface area contributed by atoms with Crippen molar-refractivity contribution in [2.24, 2.45) is 0 Å². The van der Waals surface area contributed by atoms with Crippen molar-refractivity contribution >= 4 is 27.3 Å². The van der Waals surface area contributed by atoms with Gasteiger partial charge in [-0.25, -0.2) is 4.68 Å². The Morgan fingerprint density at radius 1 is 0.959 bits per heavy atom. The highest BCUT2D eigenvalue weighted by Gasteiger charge is 2.33. The molecule has 0 radical (unpaired) electrons. The molecule has 49 heavy (non-hydrogen) atoms. The van der Waals surface area contributed by atoms with Crippen LogP contribution in [0.25, 0.3) is 11.0 Å². The zero-order chi connectivity index (χ0) is 34.1. The van der Waals surface area contributed by atoms with Gasteiger partial charge in [0.15, 0.2) is 0 Å². The first-order valence-electron chi connectivity index (χ1n) is 16.1. The number of para-hydroxylation sites is 1. The van der Waals surface area contributed by atoms with E-state index in [-0.39, 0.29) is 31.9 Å². The van der Waals surface area contributed by atoms with Crippen LogP contribution in [0.4, 0.5) is 0 Å². The lowest BCUT2D eigenvalue weighted by atomic mass is 9.85. The average Bonchev–Trinajstić information content (AvgIpc) is 3.50. The zero-order valence-electron chi connectivity index (χ0n) is 27.2. The summed E-state index contributed by atoms with van der Waals surface area (Å²) in [6.07, 6.45) is 1.42. The van der Waals surface area contributed by atoms with Crippen LogP contribution in [0, 0.1) is 6.92 Å². The second kappa shape index (κ2) is 13.4. The van der Waals surface area contributed by atoms with E-state index < -0.39 is 22.2 Å². The summed E-state index contributed by atoms with van der Waals surface area (Å²) >= 11 is 0. The number of ether oxygens (including phenoxy) is 3. The maximum Gasteiger partial charge on any atom is 0.385 e. The van der Waals surface area contributed by atoms with Gasteiger partial charge < -0.3 is 23.5 Å². The Morgan fingerprint density at radius 2 is 1.80 bits per heavy atom. The third-order valence-electron chi connectivity index (χ3n) is 9.07. The van der Waals surface area contributed by atoms with Crippen LogP contribution in [0.15, 0.2) is 72.8 Å². The molecular formula is C36H36N4O8S. The van der Waals surface area contributed by atoms with Crippen molar-refractivity contribution in [1.82, 2.24) is 19.3 Å². The number of nitrogens with zero attached hydrogens (tertiary/aromatic N) is 4. The highest BCUT2D eigenvalue weighted by atomic mass is 32.2. The van der Waals surface area contributed by atoms with E-state index in [1.165, 1.54) is 11.4 Å². The van der Waals surface area contributed by atoms with E-state index in [2.05, 4.69) is 10.3 Å². The van der Waals surface area contributed by atoms with Gasteiger partial charge in [0.2, 0.25) is 0 Å². The van der Waals surface area contributed by atoms with E-state index in [1.807, 2.05) is 60.1 Å². The summed E-state index contributed by atoms with van der Waals surface area (Å²) in [7, 11) is -2.65. The Bertz CT molecular complexity index is 2150. The molecule has 1 N–H and O–H groups in total. The van der Waals surface area contributed by atoms with Crippen LogP contribution in [0.2, 0.25) is 0 Å². The average molecular weight is 685 g/mol. The molecule has 0 aliphatic carbocycles. The highest BCUT2D eigenvalue weighted by Crippen LogP contribution is 2.38. The Kier molecular flexibility index (Phi) is 8.86. The molecule has 3 aliphatic heterocycles. The number of rotatable bonds is 3. The largest absolute Gasteiger partial charge is 0.496 e. The molecule has 13 heteroatoms. The van der Waals surface area contributed by atoms with Crippen molar-refractivity contribution in [1.29, 1.82) is 0 Å². The monoisotopic (exact) mass is 684 g/mol.